The molecule has 1 aliphatic carbocycles. The summed E-state index contributed by atoms with van der Waals surface area (Å²) >= 11 is 0. The molecule has 0 radical (unpaired) electrons. The lowest BCUT2D eigenvalue weighted by Crippen LogP contribution is -2.28. The van der Waals surface area contributed by atoms with Crippen LogP contribution in [0.1, 0.15) is 29.9 Å². The Morgan fingerprint density at radius 3 is 2.25 bits per heavy atom. The Morgan fingerprint density at radius 1 is 1.04 bits per heavy atom. The Labute approximate surface area is 157 Å². The molecule has 2 N–H and O–H groups in total. The van der Waals surface area contributed by atoms with Crippen LogP contribution in [0, 0.1) is 5.82 Å². The molecule has 3 rings (SSSR count). The highest BCUT2D eigenvalue weighted by Gasteiger charge is 2.34. The quantitative estimate of drug-likeness (QED) is 0.585. The molecule has 0 bridgehead atoms. The second-order valence-corrected chi connectivity index (χ2v) is 6.40. The molecule has 146 valence electrons. The van der Waals surface area contributed by atoms with E-state index in [9.17, 15) is 32.3 Å². The van der Waals surface area contributed by atoms with Crippen LogP contribution >= 0.6 is 0 Å². The molecule has 1 aliphatic rings. The lowest BCUT2D eigenvalue weighted by Gasteiger charge is -2.23. The van der Waals surface area contributed by atoms with Gasteiger partial charge in [0.25, 0.3) is 5.91 Å². The number of amides is 1. The molecule has 0 spiro atoms. The van der Waals surface area contributed by atoms with Crippen LogP contribution in [0.15, 0.2) is 59.9 Å². The zero-order valence-electron chi connectivity index (χ0n) is 14.4. The third-order valence-electron chi connectivity index (χ3n) is 4.50. The lowest BCUT2D eigenvalue weighted by atomic mass is 9.82. The first-order valence-electron chi connectivity index (χ1n) is 8.35. The van der Waals surface area contributed by atoms with E-state index in [0.29, 0.717) is 5.56 Å². The van der Waals surface area contributed by atoms with Gasteiger partial charge in [-0.3, -0.25) is 9.59 Å². The largest absolute Gasteiger partial charge is 0.511 e. The molecule has 0 heterocycles. The number of ketones is 1. The predicted molar refractivity (Wildman–Crippen MR) is 93.1 cm³/mol. The van der Waals surface area contributed by atoms with Crippen LogP contribution in [0.25, 0.3) is 0 Å². The molecular formula is C20H15F4NO3. The van der Waals surface area contributed by atoms with Gasteiger partial charge in [0, 0.05) is 12.8 Å². The van der Waals surface area contributed by atoms with Gasteiger partial charge in [0.1, 0.15) is 17.1 Å². The van der Waals surface area contributed by atoms with E-state index in [2.05, 4.69) is 5.32 Å². The summed E-state index contributed by atoms with van der Waals surface area (Å²) in [6.07, 6.45) is -4.71. The average Bonchev–Trinajstić information content (AvgIpc) is 2.62. The van der Waals surface area contributed by atoms with E-state index < -0.39 is 46.5 Å². The van der Waals surface area contributed by atoms with E-state index in [1.807, 2.05) is 0 Å². The Morgan fingerprint density at radius 2 is 1.68 bits per heavy atom. The average molecular weight is 393 g/mol. The molecule has 8 heteroatoms. The predicted octanol–water partition coefficient (Wildman–Crippen LogP) is 4.74. The molecule has 28 heavy (non-hydrogen) atoms. The number of hydrogen-bond donors (Lipinski definition) is 2. The number of alkyl halides is 3. The Hall–Kier alpha value is -3.16. The van der Waals surface area contributed by atoms with E-state index in [0.717, 1.165) is 18.2 Å². The first kappa shape index (κ1) is 19.6. The Bertz CT molecular complexity index is 949. The third-order valence-corrected chi connectivity index (χ3v) is 4.50. The third kappa shape index (κ3) is 4.05. The summed E-state index contributed by atoms with van der Waals surface area (Å²) in [5, 5.41) is 12.4. The maximum absolute atomic E-state index is 13.7. The first-order valence-corrected chi connectivity index (χ1v) is 8.35. The van der Waals surface area contributed by atoms with Crippen molar-refractivity contribution in [2.24, 2.45) is 0 Å². The molecule has 2 aromatic rings. The minimum absolute atomic E-state index is 0.0862. The van der Waals surface area contributed by atoms with Crippen molar-refractivity contribution in [3.05, 3.63) is 76.8 Å². The van der Waals surface area contributed by atoms with Gasteiger partial charge in [-0.05, 0) is 35.7 Å². The van der Waals surface area contributed by atoms with Gasteiger partial charge in [-0.25, -0.2) is 4.39 Å². The summed E-state index contributed by atoms with van der Waals surface area (Å²) in [7, 11) is 0. The van der Waals surface area contributed by atoms with Crippen molar-refractivity contribution < 1.29 is 32.3 Å². The molecule has 2 aromatic carbocycles. The summed E-state index contributed by atoms with van der Waals surface area (Å²) in [5.41, 5.74) is -0.971. The normalized spacial score (nSPS) is 17.6. The molecule has 4 nitrogen and oxygen atoms in total. The zero-order valence-corrected chi connectivity index (χ0v) is 14.4. The number of rotatable bonds is 3. The van der Waals surface area contributed by atoms with E-state index in [1.165, 1.54) is 30.3 Å². The molecule has 0 aromatic heterocycles. The number of aliphatic hydroxyl groups is 1. The molecule has 0 fully saturated rings. The highest BCUT2D eigenvalue weighted by atomic mass is 19.4. The number of carbonyl (C=O) groups is 2. The van der Waals surface area contributed by atoms with Gasteiger partial charge >= 0.3 is 6.18 Å². The van der Waals surface area contributed by atoms with E-state index in [4.69, 9.17) is 0 Å². The number of allylic oxidation sites excluding steroid dienone is 1. The molecule has 0 saturated heterocycles. The number of halogens is 4. The fraction of sp³-hybridized carbons (Fsp3) is 0.200. The molecular weight excluding hydrogens is 378 g/mol. The van der Waals surface area contributed by atoms with Crippen LogP contribution in [0.4, 0.5) is 23.2 Å². The number of anilines is 1. The number of benzene rings is 2. The molecule has 1 amide bonds. The van der Waals surface area contributed by atoms with Crippen molar-refractivity contribution in [1.82, 2.24) is 0 Å². The van der Waals surface area contributed by atoms with Crippen LogP contribution in [0.2, 0.25) is 0 Å². The maximum Gasteiger partial charge on any atom is 0.416 e. The highest BCUT2D eigenvalue weighted by Crippen LogP contribution is 2.36. The number of para-hydroxylation sites is 1. The Balaban J connectivity index is 1.79. The molecule has 1 atom stereocenters. The highest BCUT2D eigenvalue weighted by molar-refractivity contribution is 6.24. The van der Waals surface area contributed by atoms with E-state index >= 15 is 0 Å². The SMILES string of the molecule is O=C1CC(c2ccc(C(F)(F)F)cc2)CC(O)=C1C(=O)Nc1ccccc1F. The number of Topliss-reactive ketones (excluding diaryl/α,β-unsaturated/α-hetero) is 1. The monoisotopic (exact) mass is 393 g/mol. The van der Waals surface area contributed by atoms with E-state index in [1.54, 1.807) is 0 Å². The van der Waals surface area contributed by atoms with Crippen LogP contribution in [-0.4, -0.2) is 16.8 Å². The van der Waals surface area contributed by atoms with Crippen LogP contribution in [-0.2, 0) is 15.8 Å². The van der Waals surface area contributed by atoms with Crippen LogP contribution < -0.4 is 5.32 Å². The topological polar surface area (TPSA) is 66.4 Å². The molecule has 1 unspecified atom stereocenters. The maximum atomic E-state index is 13.7. The van der Waals surface area contributed by atoms with Gasteiger partial charge < -0.3 is 10.4 Å². The van der Waals surface area contributed by atoms with Gasteiger partial charge in [0.05, 0.1) is 11.3 Å². The number of nitrogens with one attached hydrogen (secondary N) is 1. The summed E-state index contributed by atoms with van der Waals surface area (Å²) < 4.78 is 51.6. The number of aliphatic hydroxyl groups excluding tert-OH is 1. The van der Waals surface area contributed by atoms with E-state index in [-0.39, 0.29) is 18.5 Å². The van der Waals surface area contributed by atoms with Crippen LogP contribution in [0.3, 0.4) is 0 Å². The number of carbonyl (C=O) groups excluding carboxylic acids is 2. The first-order chi connectivity index (χ1) is 13.2. The minimum atomic E-state index is -4.47. The van der Waals surface area contributed by atoms with Crippen molar-refractivity contribution in [3.63, 3.8) is 0 Å². The van der Waals surface area contributed by atoms with Crippen molar-refractivity contribution in [2.75, 3.05) is 5.32 Å². The number of hydrogen-bond acceptors (Lipinski definition) is 3. The van der Waals surface area contributed by atoms with Gasteiger partial charge in [-0.2, -0.15) is 13.2 Å². The summed E-state index contributed by atoms with van der Waals surface area (Å²) in [5.74, 6) is -3.32. The fourth-order valence-corrected chi connectivity index (χ4v) is 3.08. The summed E-state index contributed by atoms with van der Waals surface area (Å²) in [6, 6.07) is 9.67. The zero-order chi connectivity index (χ0) is 20.5. The second kappa shape index (κ2) is 7.46. The van der Waals surface area contributed by atoms with Crippen LogP contribution in [0.5, 0.6) is 0 Å². The summed E-state index contributed by atoms with van der Waals surface area (Å²) in [4.78, 5) is 24.7. The van der Waals surface area contributed by atoms with Crippen molar-refractivity contribution >= 4 is 17.4 Å². The fourth-order valence-electron chi connectivity index (χ4n) is 3.08. The summed E-state index contributed by atoms with van der Waals surface area (Å²) in [6.45, 7) is 0. The van der Waals surface area contributed by atoms with Crippen molar-refractivity contribution in [1.29, 1.82) is 0 Å². The second-order valence-electron chi connectivity index (χ2n) is 6.40. The van der Waals surface area contributed by atoms with Gasteiger partial charge in [0.2, 0.25) is 0 Å². The van der Waals surface area contributed by atoms with Crippen molar-refractivity contribution in [2.45, 2.75) is 24.9 Å². The minimum Gasteiger partial charge on any atom is -0.511 e. The standard InChI is InChI=1S/C20H15F4NO3/c21-14-3-1-2-4-15(14)25-19(28)18-16(26)9-12(10-17(18)27)11-5-7-13(8-6-11)20(22,23)24/h1-8,12,26H,9-10H2,(H,25,28). The lowest BCUT2D eigenvalue weighted by molar-refractivity contribution is -0.137. The van der Waals surface area contributed by atoms with Gasteiger partial charge in [-0.1, -0.05) is 24.3 Å². The molecule has 0 saturated carbocycles. The Kier molecular flexibility index (Phi) is 5.22. The van der Waals surface area contributed by atoms with Gasteiger partial charge in [-0.15, -0.1) is 0 Å². The van der Waals surface area contributed by atoms with Crippen molar-refractivity contribution in [3.8, 4) is 0 Å². The molecule has 0 aliphatic heterocycles. The van der Waals surface area contributed by atoms with Gasteiger partial charge in [0.15, 0.2) is 5.78 Å². The smallest absolute Gasteiger partial charge is 0.416 e.